The summed E-state index contributed by atoms with van der Waals surface area (Å²) < 4.78 is 0. The highest BCUT2D eigenvalue weighted by atomic mass is 16.3. The lowest BCUT2D eigenvalue weighted by Crippen LogP contribution is -1.96. The molecule has 0 aliphatic carbocycles. The molecule has 0 heterocycles. The molecule has 14 heavy (non-hydrogen) atoms. The number of aliphatic hydroxyl groups is 1. The van der Waals surface area contributed by atoms with Crippen molar-refractivity contribution in [3.05, 3.63) is 35.9 Å². The zero-order chi connectivity index (χ0) is 10.2. The van der Waals surface area contributed by atoms with Crippen LogP contribution < -0.4 is 0 Å². The van der Waals surface area contributed by atoms with E-state index in [9.17, 15) is 9.90 Å². The third-order valence-corrected chi connectivity index (χ3v) is 2.23. The van der Waals surface area contributed by atoms with E-state index in [2.05, 4.69) is 0 Å². The molecule has 0 aliphatic rings. The highest BCUT2D eigenvalue weighted by Gasteiger charge is 2.05. The zero-order valence-corrected chi connectivity index (χ0v) is 8.23. The molecule has 0 amide bonds. The first-order valence-corrected chi connectivity index (χ1v) is 5.01. The van der Waals surface area contributed by atoms with Crippen molar-refractivity contribution in [3.63, 3.8) is 0 Å². The summed E-state index contributed by atoms with van der Waals surface area (Å²) in [6, 6.07) is 9.62. The number of hydrogen-bond acceptors (Lipinski definition) is 2. The molecule has 0 fully saturated rings. The van der Waals surface area contributed by atoms with Crippen molar-refractivity contribution < 1.29 is 9.90 Å². The lowest BCUT2D eigenvalue weighted by atomic mass is 10.0. The van der Waals surface area contributed by atoms with Crippen LogP contribution in [-0.2, 0) is 4.79 Å². The van der Waals surface area contributed by atoms with Crippen LogP contribution >= 0.6 is 0 Å². The molecular formula is C12H16O2. The Morgan fingerprint density at radius 1 is 1.21 bits per heavy atom. The predicted molar refractivity (Wildman–Crippen MR) is 55.9 cm³/mol. The highest BCUT2D eigenvalue weighted by Crippen LogP contribution is 2.18. The van der Waals surface area contributed by atoms with E-state index in [-0.39, 0.29) is 6.10 Å². The largest absolute Gasteiger partial charge is 0.388 e. The number of benzene rings is 1. The van der Waals surface area contributed by atoms with E-state index in [1.807, 2.05) is 30.3 Å². The second kappa shape index (κ2) is 6.33. The maximum atomic E-state index is 10.1. The Morgan fingerprint density at radius 3 is 2.57 bits per heavy atom. The molecule has 1 unspecified atom stereocenters. The van der Waals surface area contributed by atoms with Gasteiger partial charge in [0.2, 0.25) is 0 Å². The van der Waals surface area contributed by atoms with Gasteiger partial charge in [-0.2, -0.15) is 0 Å². The number of aldehydes is 1. The lowest BCUT2D eigenvalue weighted by molar-refractivity contribution is -0.107. The van der Waals surface area contributed by atoms with Crippen molar-refractivity contribution in [2.45, 2.75) is 31.8 Å². The Labute approximate surface area is 84.6 Å². The molecule has 2 heteroatoms. The van der Waals surface area contributed by atoms with Crippen molar-refractivity contribution >= 4 is 6.29 Å². The Bertz CT molecular complexity index is 256. The maximum Gasteiger partial charge on any atom is 0.119 e. The maximum absolute atomic E-state index is 10.1. The minimum Gasteiger partial charge on any atom is -0.388 e. The van der Waals surface area contributed by atoms with Crippen LogP contribution in [0.25, 0.3) is 0 Å². The number of unbranched alkanes of at least 4 members (excludes halogenated alkanes) is 2. The summed E-state index contributed by atoms with van der Waals surface area (Å²) in [6.07, 6.45) is 3.64. The van der Waals surface area contributed by atoms with Gasteiger partial charge in [-0.25, -0.2) is 0 Å². The summed E-state index contributed by atoms with van der Waals surface area (Å²) in [5.41, 5.74) is 0.957. The van der Waals surface area contributed by atoms with Gasteiger partial charge in [0.1, 0.15) is 6.29 Å². The lowest BCUT2D eigenvalue weighted by Gasteiger charge is -2.09. The van der Waals surface area contributed by atoms with Gasteiger partial charge in [0.15, 0.2) is 0 Å². The first kappa shape index (κ1) is 10.9. The average Bonchev–Trinajstić information content (AvgIpc) is 2.25. The fourth-order valence-corrected chi connectivity index (χ4v) is 1.41. The third kappa shape index (κ3) is 3.71. The van der Waals surface area contributed by atoms with E-state index < -0.39 is 0 Å². The molecule has 0 radical (unpaired) electrons. The second-order valence-corrected chi connectivity index (χ2v) is 3.38. The molecule has 2 nitrogen and oxygen atoms in total. The van der Waals surface area contributed by atoms with E-state index in [0.717, 1.165) is 31.1 Å². The first-order valence-electron chi connectivity index (χ1n) is 5.01. The summed E-state index contributed by atoms with van der Waals surface area (Å²) in [5, 5.41) is 9.73. The smallest absolute Gasteiger partial charge is 0.119 e. The normalized spacial score (nSPS) is 12.4. The van der Waals surface area contributed by atoms with Crippen LogP contribution in [0.3, 0.4) is 0 Å². The number of hydrogen-bond donors (Lipinski definition) is 1. The monoisotopic (exact) mass is 192 g/mol. The van der Waals surface area contributed by atoms with Gasteiger partial charge in [-0.05, 0) is 18.4 Å². The van der Waals surface area contributed by atoms with Crippen molar-refractivity contribution in [2.75, 3.05) is 0 Å². The number of aliphatic hydroxyl groups excluding tert-OH is 1. The Kier molecular flexibility index (Phi) is 4.94. The summed E-state index contributed by atoms with van der Waals surface area (Å²) in [5.74, 6) is 0. The molecule has 1 aromatic carbocycles. The van der Waals surface area contributed by atoms with Crippen LogP contribution in [0.1, 0.15) is 37.4 Å². The molecule has 0 spiro atoms. The molecule has 1 N–H and O–H groups in total. The fourth-order valence-electron chi connectivity index (χ4n) is 1.41. The van der Waals surface area contributed by atoms with Crippen molar-refractivity contribution in [2.24, 2.45) is 0 Å². The van der Waals surface area contributed by atoms with Crippen LogP contribution in [0, 0.1) is 0 Å². The van der Waals surface area contributed by atoms with Gasteiger partial charge in [0.25, 0.3) is 0 Å². The van der Waals surface area contributed by atoms with Crippen LogP contribution in [-0.4, -0.2) is 11.4 Å². The standard InChI is InChI=1S/C12H16O2/c13-10-6-2-5-9-12(14)11-7-3-1-4-8-11/h1,3-4,7-8,10,12,14H,2,5-6,9H2. The molecule has 0 aliphatic heterocycles. The van der Waals surface area contributed by atoms with E-state index in [1.165, 1.54) is 0 Å². The summed E-state index contributed by atoms with van der Waals surface area (Å²) >= 11 is 0. The van der Waals surface area contributed by atoms with Crippen LogP contribution in [0.15, 0.2) is 30.3 Å². The topological polar surface area (TPSA) is 37.3 Å². The number of carbonyl (C=O) groups is 1. The summed E-state index contributed by atoms with van der Waals surface area (Å²) in [4.78, 5) is 10.1. The van der Waals surface area contributed by atoms with Crippen molar-refractivity contribution in [3.8, 4) is 0 Å². The third-order valence-electron chi connectivity index (χ3n) is 2.23. The predicted octanol–water partition coefficient (Wildman–Crippen LogP) is 2.48. The van der Waals surface area contributed by atoms with E-state index >= 15 is 0 Å². The molecule has 0 aromatic heterocycles. The van der Waals surface area contributed by atoms with Gasteiger partial charge in [-0.15, -0.1) is 0 Å². The molecule has 0 saturated carbocycles. The quantitative estimate of drug-likeness (QED) is 0.555. The summed E-state index contributed by atoms with van der Waals surface area (Å²) in [7, 11) is 0. The second-order valence-electron chi connectivity index (χ2n) is 3.38. The fraction of sp³-hybridized carbons (Fsp3) is 0.417. The number of rotatable bonds is 6. The van der Waals surface area contributed by atoms with Crippen LogP contribution in [0.5, 0.6) is 0 Å². The van der Waals surface area contributed by atoms with Gasteiger partial charge < -0.3 is 9.90 Å². The highest BCUT2D eigenvalue weighted by molar-refractivity contribution is 5.48. The van der Waals surface area contributed by atoms with Gasteiger partial charge in [-0.1, -0.05) is 36.8 Å². The minimum absolute atomic E-state index is 0.386. The first-order chi connectivity index (χ1) is 6.84. The molecular weight excluding hydrogens is 176 g/mol. The molecule has 1 aromatic rings. The number of carbonyl (C=O) groups excluding carboxylic acids is 1. The molecule has 76 valence electrons. The minimum atomic E-state index is -0.386. The van der Waals surface area contributed by atoms with Gasteiger partial charge in [0.05, 0.1) is 6.10 Å². The SMILES string of the molecule is O=CCCCCC(O)c1ccccc1. The van der Waals surface area contributed by atoms with E-state index in [1.54, 1.807) is 0 Å². The van der Waals surface area contributed by atoms with Crippen LogP contribution in [0.4, 0.5) is 0 Å². The average molecular weight is 192 g/mol. The zero-order valence-electron chi connectivity index (χ0n) is 8.23. The van der Waals surface area contributed by atoms with Crippen molar-refractivity contribution in [1.29, 1.82) is 0 Å². The molecule has 0 bridgehead atoms. The van der Waals surface area contributed by atoms with Crippen LogP contribution in [0.2, 0.25) is 0 Å². The Morgan fingerprint density at radius 2 is 1.93 bits per heavy atom. The van der Waals surface area contributed by atoms with Gasteiger partial charge >= 0.3 is 0 Å². The Balaban J connectivity index is 2.28. The molecule has 1 atom stereocenters. The summed E-state index contributed by atoms with van der Waals surface area (Å²) in [6.45, 7) is 0. The Hall–Kier alpha value is -1.15. The van der Waals surface area contributed by atoms with Gasteiger partial charge in [0, 0.05) is 6.42 Å². The molecule has 1 rings (SSSR count). The van der Waals surface area contributed by atoms with Crippen molar-refractivity contribution in [1.82, 2.24) is 0 Å². The van der Waals surface area contributed by atoms with E-state index in [4.69, 9.17) is 0 Å². The molecule has 0 saturated heterocycles. The van der Waals surface area contributed by atoms with E-state index in [0.29, 0.717) is 6.42 Å². The van der Waals surface area contributed by atoms with Gasteiger partial charge in [-0.3, -0.25) is 0 Å².